The van der Waals surface area contributed by atoms with Gasteiger partial charge in [-0.25, -0.2) is 0 Å². The first-order valence-electron chi connectivity index (χ1n) is 6.13. The highest BCUT2D eigenvalue weighted by atomic mass is 16.3. The zero-order valence-electron chi connectivity index (χ0n) is 10.0. The maximum Gasteiger partial charge on any atom is 0.0700 e. The Morgan fingerprint density at radius 2 is 1.94 bits per heavy atom. The van der Waals surface area contributed by atoms with Crippen molar-refractivity contribution in [1.29, 1.82) is 0 Å². The van der Waals surface area contributed by atoms with Gasteiger partial charge in [-0.2, -0.15) is 0 Å². The second-order valence-corrected chi connectivity index (χ2v) is 5.04. The number of nitrogens with zero attached hydrogens (tertiary/aromatic N) is 1. The molecule has 88 valence electrons. The molecular weight excluding hydrogens is 198 g/mol. The number of likely N-dealkylation sites (tertiary alicyclic amines) is 1. The molecule has 1 fully saturated rings. The first kappa shape index (κ1) is 11.6. The van der Waals surface area contributed by atoms with E-state index in [2.05, 4.69) is 24.1 Å². The molecule has 0 aliphatic carbocycles. The molecule has 1 heterocycles. The Kier molecular flexibility index (Phi) is 3.62. The molecule has 2 heteroatoms. The summed E-state index contributed by atoms with van der Waals surface area (Å²) in [6.45, 7) is 2.11. The molecule has 1 atom stereocenters. The Hall–Kier alpha value is -0.860. The minimum atomic E-state index is -0.494. The summed E-state index contributed by atoms with van der Waals surface area (Å²) < 4.78 is 0. The molecule has 1 N–H and O–H groups in total. The lowest BCUT2D eigenvalue weighted by atomic mass is 9.88. The smallest absolute Gasteiger partial charge is 0.0700 e. The largest absolute Gasteiger partial charge is 0.389 e. The minimum absolute atomic E-state index is 0.494. The normalized spacial score (nSPS) is 27.6. The fourth-order valence-corrected chi connectivity index (χ4v) is 2.47. The van der Waals surface area contributed by atoms with Crippen LogP contribution in [-0.4, -0.2) is 35.7 Å². The van der Waals surface area contributed by atoms with Gasteiger partial charge in [0.2, 0.25) is 0 Å². The van der Waals surface area contributed by atoms with E-state index in [1.54, 1.807) is 0 Å². The van der Waals surface area contributed by atoms with E-state index in [1.807, 2.05) is 18.2 Å². The van der Waals surface area contributed by atoms with Gasteiger partial charge in [0.25, 0.3) is 0 Å². The zero-order chi connectivity index (χ0) is 11.4. The van der Waals surface area contributed by atoms with Gasteiger partial charge < -0.3 is 10.0 Å². The van der Waals surface area contributed by atoms with Crippen molar-refractivity contribution in [2.45, 2.75) is 31.3 Å². The van der Waals surface area contributed by atoms with E-state index in [0.29, 0.717) is 0 Å². The molecule has 0 aromatic heterocycles. The second kappa shape index (κ2) is 4.98. The Balaban J connectivity index is 2.02. The molecule has 16 heavy (non-hydrogen) atoms. The van der Waals surface area contributed by atoms with Crippen LogP contribution in [0.3, 0.4) is 0 Å². The van der Waals surface area contributed by atoms with Gasteiger partial charge in [0.1, 0.15) is 0 Å². The lowest BCUT2D eigenvalue weighted by molar-refractivity contribution is 0.0263. The molecule has 0 radical (unpaired) electrons. The van der Waals surface area contributed by atoms with Crippen molar-refractivity contribution in [2.24, 2.45) is 0 Å². The van der Waals surface area contributed by atoms with Crippen molar-refractivity contribution in [3.05, 3.63) is 35.9 Å². The maximum atomic E-state index is 10.6. The van der Waals surface area contributed by atoms with Gasteiger partial charge in [-0.15, -0.1) is 0 Å². The summed E-state index contributed by atoms with van der Waals surface area (Å²) in [4.78, 5) is 2.31. The van der Waals surface area contributed by atoms with E-state index < -0.39 is 5.60 Å². The van der Waals surface area contributed by atoms with Crippen molar-refractivity contribution in [1.82, 2.24) is 4.90 Å². The van der Waals surface area contributed by atoms with Crippen molar-refractivity contribution in [3.8, 4) is 0 Å². The van der Waals surface area contributed by atoms with E-state index in [9.17, 15) is 5.11 Å². The first-order valence-corrected chi connectivity index (χ1v) is 6.13. The van der Waals surface area contributed by atoms with E-state index >= 15 is 0 Å². The predicted molar refractivity (Wildman–Crippen MR) is 66.4 cm³/mol. The third kappa shape index (κ3) is 3.06. The Morgan fingerprint density at radius 3 is 2.69 bits per heavy atom. The van der Waals surface area contributed by atoms with Gasteiger partial charge in [-0.3, -0.25) is 0 Å². The van der Waals surface area contributed by atoms with Crippen LogP contribution in [0.25, 0.3) is 0 Å². The second-order valence-electron chi connectivity index (χ2n) is 5.04. The van der Waals surface area contributed by atoms with Gasteiger partial charge in [0.15, 0.2) is 0 Å². The summed E-state index contributed by atoms with van der Waals surface area (Å²) in [6, 6.07) is 10.3. The summed E-state index contributed by atoms with van der Waals surface area (Å²) in [6.07, 6.45) is 3.70. The monoisotopic (exact) mass is 219 g/mol. The number of aliphatic hydroxyl groups is 1. The average Bonchev–Trinajstić information content (AvgIpc) is 2.43. The Bertz CT molecular complexity index is 325. The lowest BCUT2D eigenvalue weighted by Gasteiger charge is -2.26. The summed E-state index contributed by atoms with van der Waals surface area (Å²) >= 11 is 0. The third-order valence-electron chi connectivity index (χ3n) is 3.52. The van der Waals surface area contributed by atoms with Gasteiger partial charge in [0, 0.05) is 13.0 Å². The van der Waals surface area contributed by atoms with Crippen LogP contribution in [0.5, 0.6) is 0 Å². The van der Waals surface area contributed by atoms with Crippen LogP contribution in [0.4, 0.5) is 0 Å². The van der Waals surface area contributed by atoms with Gasteiger partial charge in [-0.1, -0.05) is 30.3 Å². The van der Waals surface area contributed by atoms with Crippen LogP contribution in [0, 0.1) is 0 Å². The maximum absolute atomic E-state index is 10.6. The molecule has 1 unspecified atom stereocenters. The van der Waals surface area contributed by atoms with Crippen LogP contribution in [0.15, 0.2) is 30.3 Å². The highest BCUT2D eigenvalue weighted by Gasteiger charge is 2.29. The molecule has 2 nitrogen and oxygen atoms in total. The van der Waals surface area contributed by atoms with E-state index in [0.717, 1.165) is 38.8 Å². The number of rotatable bonds is 2. The minimum Gasteiger partial charge on any atom is -0.389 e. The van der Waals surface area contributed by atoms with E-state index in [-0.39, 0.29) is 0 Å². The number of hydrogen-bond acceptors (Lipinski definition) is 2. The van der Waals surface area contributed by atoms with Crippen LogP contribution >= 0.6 is 0 Å². The topological polar surface area (TPSA) is 23.5 Å². The van der Waals surface area contributed by atoms with Crippen molar-refractivity contribution in [3.63, 3.8) is 0 Å². The molecule has 1 saturated heterocycles. The highest BCUT2D eigenvalue weighted by Crippen LogP contribution is 2.25. The van der Waals surface area contributed by atoms with Crippen LogP contribution < -0.4 is 0 Å². The molecule has 0 spiro atoms. The van der Waals surface area contributed by atoms with Crippen LogP contribution in [0.2, 0.25) is 0 Å². The van der Waals surface area contributed by atoms with Crippen LogP contribution in [0.1, 0.15) is 24.8 Å². The Labute approximate surface area is 97.9 Å². The molecule has 0 saturated carbocycles. The standard InChI is InChI=1S/C14H21NO/c1-15-10-5-8-14(16,9-11-15)12-13-6-3-2-4-7-13/h2-4,6-7,16H,5,8-12H2,1H3. The molecule has 1 aliphatic rings. The lowest BCUT2D eigenvalue weighted by Crippen LogP contribution is -2.32. The summed E-state index contributed by atoms with van der Waals surface area (Å²) in [5.74, 6) is 0. The molecule has 1 aliphatic heterocycles. The average molecular weight is 219 g/mol. The molecule has 0 amide bonds. The summed E-state index contributed by atoms with van der Waals surface area (Å²) in [7, 11) is 2.13. The SMILES string of the molecule is CN1CCCC(O)(Cc2ccccc2)CC1. The molecule has 1 aromatic carbocycles. The van der Waals surface area contributed by atoms with E-state index in [4.69, 9.17) is 0 Å². The third-order valence-corrected chi connectivity index (χ3v) is 3.52. The van der Waals surface area contributed by atoms with Gasteiger partial charge >= 0.3 is 0 Å². The zero-order valence-corrected chi connectivity index (χ0v) is 10.0. The van der Waals surface area contributed by atoms with Gasteiger partial charge in [-0.05, 0) is 38.4 Å². The van der Waals surface area contributed by atoms with Gasteiger partial charge in [0.05, 0.1) is 5.60 Å². The number of hydrogen-bond donors (Lipinski definition) is 1. The molecule has 2 rings (SSSR count). The van der Waals surface area contributed by atoms with Crippen LogP contribution in [-0.2, 0) is 6.42 Å². The first-order chi connectivity index (χ1) is 7.68. The molecular formula is C14H21NO. The highest BCUT2D eigenvalue weighted by molar-refractivity contribution is 5.17. The summed E-state index contributed by atoms with van der Waals surface area (Å²) in [5, 5.41) is 10.6. The number of benzene rings is 1. The molecule has 0 bridgehead atoms. The quantitative estimate of drug-likeness (QED) is 0.823. The van der Waals surface area contributed by atoms with E-state index in [1.165, 1.54) is 5.56 Å². The fourth-order valence-electron chi connectivity index (χ4n) is 2.47. The van der Waals surface area contributed by atoms with Crippen molar-refractivity contribution >= 4 is 0 Å². The molecule has 1 aromatic rings. The predicted octanol–water partition coefficient (Wildman–Crippen LogP) is 2.08. The fraction of sp³-hybridized carbons (Fsp3) is 0.571. The summed E-state index contributed by atoms with van der Waals surface area (Å²) in [5.41, 5.74) is 0.751. The van der Waals surface area contributed by atoms with Crippen molar-refractivity contribution in [2.75, 3.05) is 20.1 Å². The van der Waals surface area contributed by atoms with Crippen molar-refractivity contribution < 1.29 is 5.11 Å². The Morgan fingerprint density at radius 1 is 1.19 bits per heavy atom.